The highest BCUT2D eigenvalue weighted by Gasteiger charge is 2.12. The molecule has 0 atom stereocenters. The van der Waals surface area contributed by atoms with E-state index < -0.39 is 0 Å². The first-order valence-corrected chi connectivity index (χ1v) is 5.21. The van der Waals surface area contributed by atoms with E-state index in [0.29, 0.717) is 12.4 Å². The number of benzene rings is 1. The minimum Gasteiger partial charge on any atom is -0.323 e. The van der Waals surface area contributed by atoms with Gasteiger partial charge in [-0.2, -0.15) is 4.68 Å². The van der Waals surface area contributed by atoms with E-state index >= 15 is 0 Å². The van der Waals surface area contributed by atoms with Gasteiger partial charge in [0.15, 0.2) is 5.82 Å². The maximum atomic E-state index is 11.8. The predicted molar refractivity (Wildman–Crippen MR) is 62.9 cm³/mol. The molecular formula is C11H14N4O. The van der Waals surface area contributed by atoms with Gasteiger partial charge < -0.3 is 5.43 Å². The van der Waals surface area contributed by atoms with E-state index in [-0.39, 0.29) is 5.69 Å². The molecule has 0 aliphatic carbocycles. The molecule has 0 bridgehead atoms. The molecule has 0 saturated carbocycles. The van der Waals surface area contributed by atoms with Crippen LogP contribution in [-0.4, -0.2) is 21.5 Å². The lowest BCUT2D eigenvalue weighted by molar-refractivity contribution is 0.625. The summed E-state index contributed by atoms with van der Waals surface area (Å²) in [7, 11) is 1.70. The second-order valence-electron chi connectivity index (χ2n) is 3.35. The Hall–Kier alpha value is -2.04. The van der Waals surface area contributed by atoms with Crippen LogP contribution in [0.15, 0.2) is 35.1 Å². The van der Waals surface area contributed by atoms with Crippen LogP contribution in [-0.2, 0) is 6.54 Å². The molecule has 84 valence electrons. The SMILES string of the molecule is CCn1nc(-c2ccccc2)n(NC)c1=O. The van der Waals surface area contributed by atoms with Crippen LogP contribution in [0.4, 0.5) is 0 Å². The Kier molecular flexibility index (Phi) is 2.76. The van der Waals surface area contributed by atoms with E-state index in [4.69, 9.17) is 0 Å². The van der Waals surface area contributed by atoms with Gasteiger partial charge in [-0.1, -0.05) is 30.3 Å². The second kappa shape index (κ2) is 4.22. The summed E-state index contributed by atoms with van der Waals surface area (Å²) in [6.45, 7) is 2.45. The monoisotopic (exact) mass is 218 g/mol. The van der Waals surface area contributed by atoms with Crippen molar-refractivity contribution in [2.45, 2.75) is 13.5 Å². The zero-order valence-corrected chi connectivity index (χ0v) is 9.34. The van der Waals surface area contributed by atoms with Gasteiger partial charge in [0.25, 0.3) is 0 Å². The summed E-state index contributed by atoms with van der Waals surface area (Å²) in [5.74, 6) is 0.634. The summed E-state index contributed by atoms with van der Waals surface area (Å²) >= 11 is 0. The Bertz CT molecular complexity index is 527. The van der Waals surface area contributed by atoms with Crippen molar-refractivity contribution in [3.05, 3.63) is 40.8 Å². The summed E-state index contributed by atoms with van der Waals surface area (Å²) in [6.07, 6.45) is 0. The highest BCUT2D eigenvalue weighted by Crippen LogP contribution is 2.13. The number of rotatable bonds is 3. The lowest BCUT2D eigenvalue weighted by atomic mass is 10.2. The van der Waals surface area contributed by atoms with Crippen LogP contribution in [0.1, 0.15) is 6.92 Å². The zero-order chi connectivity index (χ0) is 11.5. The lowest BCUT2D eigenvalue weighted by Gasteiger charge is -2.02. The van der Waals surface area contributed by atoms with E-state index in [9.17, 15) is 4.79 Å². The molecule has 1 heterocycles. The third-order valence-electron chi connectivity index (χ3n) is 2.39. The van der Waals surface area contributed by atoms with Crippen molar-refractivity contribution in [1.29, 1.82) is 0 Å². The quantitative estimate of drug-likeness (QED) is 0.833. The lowest BCUT2D eigenvalue weighted by Crippen LogP contribution is -2.29. The van der Waals surface area contributed by atoms with Crippen molar-refractivity contribution in [3.8, 4) is 11.4 Å². The Balaban J connectivity index is 2.61. The third-order valence-corrected chi connectivity index (χ3v) is 2.39. The Labute approximate surface area is 93.3 Å². The first kappa shape index (κ1) is 10.5. The van der Waals surface area contributed by atoms with Crippen LogP contribution in [0.3, 0.4) is 0 Å². The first-order chi connectivity index (χ1) is 7.77. The molecule has 0 unspecified atom stereocenters. The summed E-state index contributed by atoms with van der Waals surface area (Å²) in [6, 6.07) is 9.63. The Morgan fingerprint density at radius 1 is 1.31 bits per heavy atom. The van der Waals surface area contributed by atoms with Gasteiger partial charge in [0, 0.05) is 19.2 Å². The van der Waals surface area contributed by atoms with Gasteiger partial charge in [-0.15, -0.1) is 5.10 Å². The summed E-state index contributed by atoms with van der Waals surface area (Å²) in [4.78, 5) is 11.8. The minimum atomic E-state index is -0.149. The minimum absolute atomic E-state index is 0.149. The number of nitrogens with zero attached hydrogens (tertiary/aromatic N) is 3. The zero-order valence-electron chi connectivity index (χ0n) is 9.34. The van der Waals surface area contributed by atoms with Crippen LogP contribution in [0, 0.1) is 0 Å². The molecule has 0 radical (unpaired) electrons. The summed E-state index contributed by atoms with van der Waals surface area (Å²) in [5.41, 5.74) is 3.61. The van der Waals surface area contributed by atoms with Crippen LogP contribution in [0.25, 0.3) is 11.4 Å². The largest absolute Gasteiger partial charge is 0.365 e. The van der Waals surface area contributed by atoms with E-state index in [1.54, 1.807) is 7.05 Å². The normalized spacial score (nSPS) is 10.4. The fraction of sp³-hybridized carbons (Fsp3) is 0.273. The van der Waals surface area contributed by atoms with E-state index in [2.05, 4.69) is 10.5 Å². The van der Waals surface area contributed by atoms with Crippen LogP contribution in [0.2, 0.25) is 0 Å². The fourth-order valence-electron chi connectivity index (χ4n) is 1.59. The average molecular weight is 218 g/mol. The fourth-order valence-corrected chi connectivity index (χ4v) is 1.59. The van der Waals surface area contributed by atoms with Gasteiger partial charge in [-0.3, -0.25) is 0 Å². The van der Waals surface area contributed by atoms with E-state index in [1.165, 1.54) is 9.36 Å². The Morgan fingerprint density at radius 2 is 2.00 bits per heavy atom. The molecule has 0 saturated heterocycles. The topological polar surface area (TPSA) is 51.9 Å². The number of hydrogen-bond acceptors (Lipinski definition) is 3. The maximum Gasteiger partial charge on any atom is 0.365 e. The van der Waals surface area contributed by atoms with Crippen molar-refractivity contribution < 1.29 is 0 Å². The maximum absolute atomic E-state index is 11.8. The smallest absolute Gasteiger partial charge is 0.323 e. The Morgan fingerprint density at radius 3 is 2.56 bits per heavy atom. The van der Waals surface area contributed by atoms with Crippen molar-refractivity contribution in [2.24, 2.45) is 0 Å². The van der Waals surface area contributed by atoms with Gasteiger partial charge in [0.05, 0.1) is 0 Å². The molecule has 0 amide bonds. The van der Waals surface area contributed by atoms with Gasteiger partial charge in [0.1, 0.15) is 0 Å². The van der Waals surface area contributed by atoms with E-state index in [0.717, 1.165) is 5.56 Å². The van der Waals surface area contributed by atoms with Gasteiger partial charge in [-0.25, -0.2) is 9.48 Å². The molecule has 0 aliphatic rings. The van der Waals surface area contributed by atoms with Crippen molar-refractivity contribution in [2.75, 3.05) is 12.5 Å². The van der Waals surface area contributed by atoms with Crippen LogP contribution in [0.5, 0.6) is 0 Å². The highest BCUT2D eigenvalue weighted by atomic mass is 16.2. The molecule has 2 aromatic rings. The average Bonchev–Trinajstić information content (AvgIpc) is 2.66. The first-order valence-electron chi connectivity index (χ1n) is 5.21. The molecule has 1 aromatic carbocycles. The summed E-state index contributed by atoms with van der Waals surface area (Å²) < 4.78 is 2.87. The van der Waals surface area contributed by atoms with Crippen molar-refractivity contribution >= 4 is 0 Å². The van der Waals surface area contributed by atoms with Gasteiger partial charge in [-0.05, 0) is 6.92 Å². The molecule has 0 spiro atoms. The molecule has 16 heavy (non-hydrogen) atoms. The van der Waals surface area contributed by atoms with Crippen molar-refractivity contribution in [1.82, 2.24) is 14.5 Å². The molecule has 1 aromatic heterocycles. The molecule has 5 nitrogen and oxygen atoms in total. The van der Waals surface area contributed by atoms with Gasteiger partial charge in [0.2, 0.25) is 0 Å². The second-order valence-corrected chi connectivity index (χ2v) is 3.35. The molecule has 5 heteroatoms. The van der Waals surface area contributed by atoms with Crippen LogP contribution >= 0.6 is 0 Å². The predicted octanol–water partition coefficient (Wildman–Crippen LogP) is 0.905. The summed E-state index contributed by atoms with van der Waals surface area (Å²) in [5, 5.41) is 4.27. The molecule has 1 N–H and O–H groups in total. The van der Waals surface area contributed by atoms with Gasteiger partial charge >= 0.3 is 5.69 Å². The molecule has 2 rings (SSSR count). The molecule has 0 fully saturated rings. The number of nitrogens with one attached hydrogen (secondary N) is 1. The number of aryl methyl sites for hydroxylation is 1. The molecule has 0 aliphatic heterocycles. The number of aromatic nitrogens is 3. The van der Waals surface area contributed by atoms with E-state index in [1.807, 2.05) is 37.3 Å². The van der Waals surface area contributed by atoms with Crippen molar-refractivity contribution in [3.63, 3.8) is 0 Å². The third kappa shape index (κ3) is 1.60. The molecular weight excluding hydrogens is 204 g/mol. The standard InChI is InChI=1S/C11H14N4O/c1-3-14-11(16)15(12-2)10(13-14)9-7-5-4-6-8-9/h4-8,12H,3H2,1-2H3. The number of hydrogen-bond donors (Lipinski definition) is 1. The highest BCUT2D eigenvalue weighted by molar-refractivity contribution is 5.54. The van der Waals surface area contributed by atoms with Crippen LogP contribution < -0.4 is 11.1 Å².